The average Bonchev–Trinajstić information content (AvgIpc) is 3.98. The highest BCUT2D eigenvalue weighted by atomic mass is 16.6. The molecule has 1 fully saturated rings. The van der Waals surface area contributed by atoms with Crippen molar-refractivity contribution >= 4 is 0 Å². The minimum atomic E-state index is -1.17. The van der Waals surface area contributed by atoms with Crippen LogP contribution >= 0.6 is 0 Å². The number of fused-ring (bicyclic) bond motifs is 3. The van der Waals surface area contributed by atoms with Crippen molar-refractivity contribution in [1.29, 1.82) is 0 Å². The van der Waals surface area contributed by atoms with Gasteiger partial charge in [0.05, 0.1) is 25.4 Å². The van der Waals surface area contributed by atoms with Crippen LogP contribution in [0.4, 0.5) is 0 Å². The number of ether oxygens (including phenoxy) is 2. The van der Waals surface area contributed by atoms with Crippen LogP contribution in [0.5, 0.6) is 0 Å². The fourth-order valence-corrected chi connectivity index (χ4v) is 8.16. The Morgan fingerprint density at radius 3 is 1.94 bits per heavy atom. The van der Waals surface area contributed by atoms with Crippen molar-refractivity contribution in [1.82, 2.24) is 10.6 Å². The van der Waals surface area contributed by atoms with Crippen LogP contribution in [0.3, 0.4) is 0 Å². The van der Waals surface area contributed by atoms with Crippen molar-refractivity contribution in [2.75, 3.05) is 20.3 Å². The Hall–Kier alpha value is -4.04. The van der Waals surface area contributed by atoms with Gasteiger partial charge >= 0.3 is 0 Å². The highest BCUT2D eigenvalue weighted by Crippen LogP contribution is 2.45. The molecule has 4 N–H and O–H groups in total. The smallest absolute Gasteiger partial charge is 0.213 e. The molecular formula is C44H50N2O4. The Morgan fingerprint density at radius 1 is 0.780 bits per heavy atom. The number of rotatable bonds is 17. The van der Waals surface area contributed by atoms with Gasteiger partial charge in [0, 0.05) is 17.9 Å². The Kier molecular flexibility index (Phi) is 10.9. The molecule has 6 heteroatoms. The Morgan fingerprint density at radius 2 is 1.38 bits per heavy atom. The molecular weight excluding hydrogens is 620 g/mol. The first-order chi connectivity index (χ1) is 24.6. The lowest BCUT2D eigenvalue weighted by atomic mass is 9.70. The van der Waals surface area contributed by atoms with Crippen LogP contribution in [0.1, 0.15) is 66.7 Å². The number of methoxy groups -OCH3 is 1. The van der Waals surface area contributed by atoms with E-state index in [1.165, 1.54) is 33.4 Å². The first kappa shape index (κ1) is 34.4. The SMILES string of the molecule is COC1=CCC(C(NCCCC[C@H](NC(O)OCC2c3ccccc3-c3ccccc32)C(O)C2CC2)(c2ccccc2)c2ccccc2)C=C1. The van der Waals surface area contributed by atoms with Gasteiger partial charge in [-0.2, -0.15) is 0 Å². The van der Waals surface area contributed by atoms with Gasteiger partial charge in [-0.3, -0.25) is 5.32 Å². The van der Waals surface area contributed by atoms with Gasteiger partial charge in [-0.05, 0) is 90.1 Å². The van der Waals surface area contributed by atoms with Gasteiger partial charge in [-0.1, -0.05) is 122 Å². The third-order valence-corrected chi connectivity index (χ3v) is 10.9. The molecule has 0 saturated heterocycles. The average molecular weight is 671 g/mol. The molecule has 3 aliphatic rings. The standard InChI is InChI=1S/C44H50N2O4/c1-49-35-27-25-34(26-28-35)44(32-14-4-2-5-15-32,33-16-6-3-7-17-33)45-29-13-12-22-41(42(47)31-23-24-31)46-43(48)50-30-40-38-20-10-8-18-36(38)37-19-9-11-21-39(37)40/h2-11,14-21,25,27-28,31,34,40-43,45-48H,12-13,22-24,26,29-30H2,1H3/t34?,41-,42?,43?/m0/s1. The van der Waals surface area contributed by atoms with Gasteiger partial charge in [0.1, 0.15) is 5.76 Å². The first-order valence-corrected chi connectivity index (χ1v) is 18.3. The lowest BCUT2D eigenvalue weighted by Crippen LogP contribution is -2.50. The van der Waals surface area contributed by atoms with Crippen molar-refractivity contribution in [2.45, 2.75) is 68.5 Å². The molecule has 0 aliphatic heterocycles. The first-order valence-electron chi connectivity index (χ1n) is 18.3. The van der Waals surface area contributed by atoms with Crippen molar-refractivity contribution in [3.63, 3.8) is 0 Å². The van der Waals surface area contributed by atoms with E-state index in [-0.39, 0.29) is 23.8 Å². The summed E-state index contributed by atoms with van der Waals surface area (Å²) in [6.07, 6.45) is 10.3. The molecule has 0 radical (unpaired) electrons. The maximum absolute atomic E-state index is 11.3. The third-order valence-electron chi connectivity index (χ3n) is 10.9. The summed E-state index contributed by atoms with van der Waals surface area (Å²) >= 11 is 0. The summed E-state index contributed by atoms with van der Waals surface area (Å²) in [5.41, 5.74) is 6.94. The summed E-state index contributed by atoms with van der Waals surface area (Å²) in [5.74, 6) is 1.41. The van der Waals surface area contributed by atoms with Crippen LogP contribution in [0.2, 0.25) is 0 Å². The minimum absolute atomic E-state index is 0.0572. The number of nitrogens with one attached hydrogen (secondary N) is 2. The van der Waals surface area contributed by atoms with Gasteiger partial charge < -0.3 is 25.0 Å². The van der Waals surface area contributed by atoms with E-state index in [0.717, 1.165) is 50.8 Å². The minimum Gasteiger partial charge on any atom is -0.497 e. The van der Waals surface area contributed by atoms with Crippen LogP contribution < -0.4 is 10.6 Å². The van der Waals surface area contributed by atoms with Crippen LogP contribution in [0, 0.1) is 11.8 Å². The molecule has 260 valence electrons. The molecule has 0 spiro atoms. The van der Waals surface area contributed by atoms with Crippen molar-refractivity contribution in [3.8, 4) is 11.1 Å². The zero-order valence-corrected chi connectivity index (χ0v) is 29.0. The highest BCUT2D eigenvalue weighted by molar-refractivity contribution is 5.78. The van der Waals surface area contributed by atoms with E-state index >= 15 is 0 Å². The van der Waals surface area contributed by atoms with E-state index in [0.29, 0.717) is 6.61 Å². The van der Waals surface area contributed by atoms with Crippen molar-refractivity contribution < 1.29 is 19.7 Å². The molecule has 6 nitrogen and oxygen atoms in total. The van der Waals surface area contributed by atoms with Crippen LogP contribution in [0.15, 0.2) is 133 Å². The summed E-state index contributed by atoms with van der Waals surface area (Å²) in [6.45, 7) is 1.15. The van der Waals surface area contributed by atoms with Crippen LogP contribution in [0.25, 0.3) is 11.1 Å². The fourth-order valence-electron chi connectivity index (χ4n) is 8.16. The molecule has 7 rings (SSSR count). The maximum atomic E-state index is 11.3. The molecule has 0 heterocycles. The van der Waals surface area contributed by atoms with Gasteiger partial charge in [0.25, 0.3) is 0 Å². The van der Waals surface area contributed by atoms with E-state index in [9.17, 15) is 10.2 Å². The van der Waals surface area contributed by atoms with Crippen molar-refractivity contribution in [3.05, 3.63) is 155 Å². The van der Waals surface area contributed by atoms with Crippen molar-refractivity contribution in [2.24, 2.45) is 11.8 Å². The van der Waals surface area contributed by atoms with Gasteiger partial charge in [-0.25, -0.2) is 0 Å². The molecule has 50 heavy (non-hydrogen) atoms. The summed E-state index contributed by atoms with van der Waals surface area (Å²) in [6, 6.07) is 38.1. The van der Waals surface area contributed by atoms with Crippen LogP contribution in [-0.2, 0) is 15.0 Å². The summed E-state index contributed by atoms with van der Waals surface area (Å²) in [7, 11) is 1.72. The molecule has 4 aromatic rings. The van der Waals surface area contributed by atoms with E-state index in [1.807, 2.05) is 0 Å². The Labute approximate surface area is 296 Å². The number of aliphatic hydroxyl groups is 2. The largest absolute Gasteiger partial charge is 0.497 e. The fraction of sp³-hybridized carbons (Fsp3) is 0.364. The second kappa shape index (κ2) is 15.9. The number of unbranched alkanes of at least 4 members (excludes halogenated alkanes) is 1. The molecule has 0 bridgehead atoms. The normalized spacial score (nSPS) is 18.9. The topological polar surface area (TPSA) is 83.0 Å². The van der Waals surface area contributed by atoms with E-state index in [2.05, 4.69) is 138 Å². The quantitative estimate of drug-likeness (QED) is 0.0684. The molecule has 4 aromatic carbocycles. The molecule has 4 atom stereocenters. The van der Waals surface area contributed by atoms with Gasteiger partial charge in [-0.15, -0.1) is 0 Å². The second-order valence-electron chi connectivity index (χ2n) is 14.0. The van der Waals surface area contributed by atoms with E-state index in [4.69, 9.17) is 9.47 Å². The Balaban J connectivity index is 1.00. The van der Waals surface area contributed by atoms with Crippen LogP contribution in [-0.4, -0.2) is 49.0 Å². The molecule has 3 aliphatic carbocycles. The van der Waals surface area contributed by atoms with Gasteiger partial charge in [0.15, 0.2) is 0 Å². The predicted molar refractivity (Wildman–Crippen MR) is 199 cm³/mol. The number of benzene rings is 4. The second-order valence-corrected chi connectivity index (χ2v) is 14.0. The van der Waals surface area contributed by atoms with E-state index < -0.39 is 18.1 Å². The zero-order chi connectivity index (χ0) is 34.3. The Bertz CT molecular complexity index is 1670. The molecule has 1 saturated carbocycles. The molecule has 0 amide bonds. The molecule has 3 unspecified atom stereocenters. The number of hydrogen-bond donors (Lipinski definition) is 4. The number of allylic oxidation sites excluding steroid dienone is 2. The maximum Gasteiger partial charge on any atom is 0.213 e. The lowest BCUT2D eigenvalue weighted by Gasteiger charge is -2.42. The monoisotopic (exact) mass is 670 g/mol. The number of hydrogen-bond acceptors (Lipinski definition) is 6. The lowest BCUT2D eigenvalue weighted by molar-refractivity contribution is -0.135. The predicted octanol–water partition coefficient (Wildman–Crippen LogP) is 7.63. The van der Waals surface area contributed by atoms with E-state index in [1.54, 1.807) is 7.11 Å². The summed E-state index contributed by atoms with van der Waals surface area (Å²) in [5, 5.41) is 29.7. The highest BCUT2D eigenvalue weighted by Gasteiger charge is 2.41. The van der Waals surface area contributed by atoms with Gasteiger partial charge in [0.2, 0.25) is 6.41 Å². The zero-order valence-electron chi connectivity index (χ0n) is 29.0. The third kappa shape index (κ3) is 7.36. The summed E-state index contributed by atoms with van der Waals surface area (Å²) in [4.78, 5) is 0. The summed E-state index contributed by atoms with van der Waals surface area (Å²) < 4.78 is 11.6. The number of aliphatic hydroxyl groups excluding tert-OH is 2. The molecule has 0 aromatic heterocycles.